The smallest absolute Gasteiger partial charge is 0.257 e. The summed E-state index contributed by atoms with van der Waals surface area (Å²) in [5.74, 6) is -1.64. The number of carbonyl (C=O) groups excluding carboxylic acids is 1. The first-order valence-electron chi connectivity index (χ1n) is 8.66. The molecule has 0 spiro atoms. The first-order chi connectivity index (χ1) is 13.0. The van der Waals surface area contributed by atoms with Gasteiger partial charge in [0.25, 0.3) is 5.91 Å². The van der Waals surface area contributed by atoms with Crippen molar-refractivity contribution in [3.05, 3.63) is 71.3 Å². The molecule has 7 heteroatoms. The first-order valence-corrected chi connectivity index (χ1v) is 9.65. The molecule has 1 amide bonds. The van der Waals surface area contributed by atoms with Gasteiger partial charge in [-0.3, -0.25) is 4.79 Å². The second kappa shape index (κ2) is 7.05. The summed E-state index contributed by atoms with van der Waals surface area (Å²) >= 11 is 1.39. The predicted molar refractivity (Wildman–Crippen MR) is 101 cm³/mol. The molecule has 0 bridgehead atoms. The van der Waals surface area contributed by atoms with E-state index in [0.717, 1.165) is 6.07 Å². The van der Waals surface area contributed by atoms with Gasteiger partial charge in [-0.2, -0.15) is 0 Å². The topological polar surface area (TPSA) is 50.7 Å². The third-order valence-electron chi connectivity index (χ3n) is 5.12. The number of ether oxygens (including phenoxy) is 1. The van der Waals surface area contributed by atoms with Crippen LogP contribution in [-0.4, -0.2) is 29.5 Å². The molecule has 2 aliphatic rings. The Morgan fingerprint density at radius 3 is 2.78 bits per heavy atom. The van der Waals surface area contributed by atoms with E-state index >= 15 is 0 Å². The summed E-state index contributed by atoms with van der Waals surface area (Å²) in [5.41, 5.74) is -0.371. The summed E-state index contributed by atoms with van der Waals surface area (Å²) in [6.45, 7) is 2.05. The maximum absolute atomic E-state index is 14.6. The van der Waals surface area contributed by atoms with Crippen LogP contribution >= 0.6 is 11.8 Å². The van der Waals surface area contributed by atoms with Crippen molar-refractivity contribution < 1.29 is 18.3 Å². The Hall–Kier alpha value is -2.25. The van der Waals surface area contributed by atoms with E-state index in [9.17, 15) is 13.6 Å². The highest BCUT2D eigenvalue weighted by atomic mass is 32.2. The van der Waals surface area contributed by atoms with Crippen molar-refractivity contribution in [3.8, 4) is 0 Å². The molecule has 2 aromatic rings. The summed E-state index contributed by atoms with van der Waals surface area (Å²) in [6.07, 6.45) is -0.143. The summed E-state index contributed by atoms with van der Waals surface area (Å²) in [6, 6.07) is 12.9. The van der Waals surface area contributed by atoms with E-state index < -0.39 is 17.2 Å². The number of thioether (sulfide) groups is 1. The van der Waals surface area contributed by atoms with Gasteiger partial charge in [0.2, 0.25) is 0 Å². The van der Waals surface area contributed by atoms with Gasteiger partial charge in [0, 0.05) is 22.8 Å². The van der Waals surface area contributed by atoms with Crippen LogP contribution in [0.1, 0.15) is 22.8 Å². The van der Waals surface area contributed by atoms with Crippen molar-refractivity contribution in [2.45, 2.75) is 18.6 Å². The van der Waals surface area contributed by atoms with Crippen LogP contribution in [-0.2, 0) is 10.3 Å². The third-order valence-corrected chi connectivity index (χ3v) is 6.11. The number of carbonyl (C=O) groups is 1. The Bertz CT molecular complexity index is 906. The minimum absolute atomic E-state index is 0.115. The zero-order valence-corrected chi connectivity index (χ0v) is 15.4. The summed E-state index contributed by atoms with van der Waals surface area (Å²) in [4.78, 5) is 17.1. The molecule has 1 fully saturated rings. The Morgan fingerprint density at radius 2 is 2.00 bits per heavy atom. The van der Waals surface area contributed by atoms with Gasteiger partial charge in [-0.25, -0.2) is 13.8 Å². The van der Waals surface area contributed by atoms with E-state index in [4.69, 9.17) is 4.74 Å². The van der Waals surface area contributed by atoms with E-state index in [0.29, 0.717) is 16.5 Å². The Morgan fingerprint density at radius 1 is 1.22 bits per heavy atom. The van der Waals surface area contributed by atoms with Crippen molar-refractivity contribution in [2.75, 3.05) is 12.4 Å². The lowest BCUT2D eigenvalue weighted by Crippen LogP contribution is -2.44. The molecule has 4 rings (SSSR count). The van der Waals surface area contributed by atoms with E-state index in [2.05, 4.69) is 10.3 Å². The fraction of sp³-hybridized carbons (Fsp3) is 0.300. The van der Waals surface area contributed by atoms with Crippen molar-refractivity contribution in [3.63, 3.8) is 0 Å². The van der Waals surface area contributed by atoms with E-state index in [1.165, 1.54) is 17.8 Å². The number of hydrogen-bond donors (Lipinski definition) is 1. The largest absolute Gasteiger partial charge is 0.375 e. The average Bonchev–Trinajstić information content (AvgIpc) is 3.01. The van der Waals surface area contributed by atoms with Crippen molar-refractivity contribution in [2.24, 2.45) is 10.9 Å². The summed E-state index contributed by atoms with van der Waals surface area (Å²) in [5, 5.41) is 3.18. The van der Waals surface area contributed by atoms with E-state index in [1.54, 1.807) is 30.3 Å². The minimum atomic E-state index is -1.05. The molecule has 27 heavy (non-hydrogen) atoms. The summed E-state index contributed by atoms with van der Waals surface area (Å²) in [7, 11) is 0. The monoisotopic (exact) mass is 388 g/mol. The minimum Gasteiger partial charge on any atom is -0.375 e. The Labute approximate surface area is 160 Å². The molecule has 0 saturated carbocycles. The second-order valence-corrected chi connectivity index (χ2v) is 7.71. The third kappa shape index (κ3) is 3.15. The molecule has 2 aromatic carbocycles. The molecule has 3 atom stereocenters. The fourth-order valence-electron chi connectivity index (χ4n) is 3.64. The van der Waals surface area contributed by atoms with Crippen molar-refractivity contribution in [1.82, 2.24) is 5.32 Å². The number of halogens is 2. The molecule has 1 saturated heterocycles. The van der Waals surface area contributed by atoms with Gasteiger partial charge < -0.3 is 10.1 Å². The van der Waals surface area contributed by atoms with Crippen LogP contribution in [0.2, 0.25) is 0 Å². The lowest BCUT2D eigenvalue weighted by Gasteiger charge is -2.36. The summed E-state index contributed by atoms with van der Waals surface area (Å²) < 4.78 is 34.2. The lowest BCUT2D eigenvalue weighted by molar-refractivity contribution is 0.0977. The average molecular weight is 388 g/mol. The molecule has 0 radical (unpaired) electrons. The van der Waals surface area contributed by atoms with Crippen LogP contribution in [0.4, 0.5) is 8.78 Å². The number of amides is 1. The molecule has 4 nitrogen and oxygen atoms in total. The molecule has 2 heterocycles. The standard InChI is InChI=1S/C20H18F2N2O2S/c1-12-15-10-27-19(23-18(25)13-6-3-2-4-7-13)24-20(15,11-26-12)14-8-5-9-16(21)17(14)22/h2-9,12,15H,10-11H2,1H3,(H,23,24,25)/t12-,15-,20-/m1/s1. The quantitative estimate of drug-likeness (QED) is 0.853. The van der Waals surface area contributed by atoms with Crippen LogP contribution in [0.25, 0.3) is 0 Å². The number of nitrogens with zero attached hydrogens (tertiary/aromatic N) is 1. The molecule has 1 N–H and O–H groups in total. The van der Waals surface area contributed by atoms with Crippen LogP contribution in [0.5, 0.6) is 0 Å². The molecular formula is C20H18F2N2O2S. The Balaban J connectivity index is 1.72. The highest BCUT2D eigenvalue weighted by Gasteiger charge is 2.53. The van der Waals surface area contributed by atoms with Gasteiger partial charge in [-0.15, -0.1) is 0 Å². The SMILES string of the molecule is C[C@H]1OC[C@]2(c3cccc(F)c3F)N=C(NC(=O)c3ccccc3)SC[C@H]12. The molecule has 0 unspecified atom stereocenters. The number of aliphatic imine (C=N–C) groups is 1. The lowest BCUT2D eigenvalue weighted by atomic mass is 9.79. The van der Waals surface area contributed by atoms with Crippen molar-refractivity contribution >= 4 is 22.8 Å². The molecule has 0 aliphatic carbocycles. The normalized spacial score (nSPS) is 27.0. The molecular weight excluding hydrogens is 370 g/mol. The molecule has 2 aliphatic heterocycles. The highest BCUT2D eigenvalue weighted by molar-refractivity contribution is 8.13. The van der Waals surface area contributed by atoms with E-state index in [1.807, 2.05) is 13.0 Å². The number of nitrogens with one attached hydrogen (secondary N) is 1. The Kier molecular flexibility index (Phi) is 4.74. The molecule has 140 valence electrons. The zero-order valence-electron chi connectivity index (χ0n) is 14.6. The van der Waals surface area contributed by atoms with Gasteiger partial charge in [0.15, 0.2) is 16.8 Å². The molecule has 0 aromatic heterocycles. The van der Waals surface area contributed by atoms with Gasteiger partial charge in [-0.05, 0) is 25.1 Å². The van der Waals surface area contributed by atoms with Crippen LogP contribution < -0.4 is 5.32 Å². The zero-order chi connectivity index (χ0) is 19.0. The van der Waals surface area contributed by atoms with Crippen LogP contribution in [0, 0.1) is 17.6 Å². The van der Waals surface area contributed by atoms with Gasteiger partial charge >= 0.3 is 0 Å². The number of hydrogen-bond acceptors (Lipinski definition) is 4. The first kappa shape index (κ1) is 18.1. The van der Waals surface area contributed by atoms with Gasteiger partial charge in [0.05, 0.1) is 12.7 Å². The van der Waals surface area contributed by atoms with Crippen LogP contribution in [0.15, 0.2) is 53.5 Å². The predicted octanol–water partition coefficient (Wildman–Crippen LogP) is 3.73. The second-order valence-electron chi connectivity index (χ2n) is 6.70. The van der Waals surface area contributed by atoms with Crippen LogP contribution in [0.3, 0.4) is 0 Å². The van der Waals surface area contributed by atoms with Crippen molar-refractivity contribution in [1.29, 1.82) is 0 Å². The maximum Gasteiger partial charge on any atom is 0.257 e. The fourth-order valence-corrected chi connectivity index (χ4v) is 4.92. The number of benzene rings is 2. The van der Waals surface area contributed by atoms with E-state index in [-0.39, 0.29) is 30.1 Å². The number of amidine groups is 1. The van der Waals surface area contributed by atoms with Gasteiger partial charge in [-0.1, -0.05) is 42.1 Å². The number of rotatable bonds is 2. The maximum atomic E-state index is 14.6. The van der Waals surface area contributed by atoms with Gasteiger partial charge in [0.1, 0.15) is 5.54 Å². The number of fused-ring (bicyclic) bond motifs is 1. The highest BCUT2D eigenvalue weighted by Crippen LogP contribution is 2.48.